The van der Waals surface area contributed by atoms with Crippen LogP contribution in [0.3, 0.4) is 0 Å². The van der Waals surface area contributed by atoms with E-state index >= 15 is 0 Å². The molecule has 0 saturated carbocycles. The van der Waals surface area contributed by atoms with Gasteiger partial charge in [0.05, 0.1) is 0 Å². The van der Waals surface area contributed by atoms with E-state index in [1.165, 1.54) is 32.1 Å². The molecule has 0 aromatic heterocycles. The monoisotopic (exact) mass is 276 g/mol. The van der Waals surface area contributed by atoms with Gasteiger partial charge in [-0.25, -0.2) is 0 Å². The first-order valence-corrected chi connectivity index (χ1v) is 7.97. The van der Waals surface area contributed by atoms with Crippen molar-refractivity contribution in [1.82, 2.24) is 0 Å². The highest BCUT2D eigenvalue weighted by atomic mass is 35.5. The van der Waals surface area contributed by atoms with E-state index in [0.29, 0.717) is 6.42 Å². The number of hydrogen-bond donors (Lipinski definition) is 0. The van der Waals surface area contributed by atoms with Gasteiger partial charge >= 0.3 is 5.97 Å². The smallest absolute Gasteiger partial charge is 0.307 e. The Labute approximate surface area is 117 Å². The Balaban J connectivity index is 3.31. The van der Waals surface area contributed by atoms with E-state index in [1.54, 1.807) is 0 Å². The van der Waals surface area contributed by atoms with Crippen LogP contribution in [0, 0.1) is 0 Å². The van der Waals surface area contributed by atoms with Crippen molar-refractivity contribution >= 4 is 17.6 Å². The molecule has 2 nitrogen and oxygen atoms in total. The molecule has 0 radical (unpaired) electrons. The van der Waals surface area contributed by atoms with E-state index in [9.17, 15) is 4.79 Å². The number of alkyl halides is 1. The fourth-order valence-corrected chi connectivity index (χ4v) is 2.11. The summed E-state index contributed by atoms with van der Waals surface area (Å²) >= 11 is 5.91. The number of esters is 1. The van der Waals surface area contributed by atoms with Gasteiger partial charge in [0.25, 0.3) is 0 Å². The third kappa shape index (κ3) is 12.2. The molecular formula is C15H29ClO2. The molecule has 0 N–H and O–H groups in total. The van der Waals surface area contributed by atoms with Gasteiger partial charge in [-0.1, -0.05) is 70.4 Å². The molecule has 0 heterocycles. The molecule has 108 valence electrons. The van der Waals surface area contributed by atoms with Gasteiger partial charge in [0.2, 0.25) is 0 Å². The van der Waals surface area contributed by atoms with E-state index in [-0.39, 0.29) is 5.97 Å². The lowest BCUT2D eigenvalue weighted by Gasteiger charge is -2.10. The predicted octanol–water partition coefficient (Wildman–Crippen LogP) is 5.43. The molecule has 0 aromatic carbocycles. The van der Waals surface area contributed by atoms with E-state index in [1.807, 2.05) is 0 Å². The summed E-state index contributed by atoms with van der Waals surface area (Å²) in [5.41, 5.74) is -0.429. The van der Waals surface area contributed by atoms with Crippen LogP contribution in [0.2, 0.25) is 0 Å². The maximum Gasteiger partial charge on any atom is 0.307 e. The zero-order chi connectivity index (χ0) is 13.6. The summed E-state index contributed by atoms with van der Waals surface area (Å²) < 4.78 is 5.12. The average Bonchev–Trinajstić information content (AvgIpc) is 2.35. The largest absolute Gasteiger partial charge is 0.446 e. The van der Waals surface area contributed by atoms with Gasteiger partial charge < -0.3 is 4.74 Å². The van der Waals surface area contributed by atoms with Gasteiger partial charge in [-0.3, -0.25) is 4.79 Å². The van der Waals surface area contributed by atoms with Gasteiger partial charge in [-0.05, 0) is 19.3 Å². The third-order valence-corrected chi connectivity index (χ3v) is 3.34. The van der Waals surface area contributed by atoms with Crippen LogP contribution >= 0.6 is 11.6 Å². The Morgan fingerprint density at radius 3 is 2.11 bits per heavy atom. The number of hydrogen-bond acceptors (Lipinski definition) is 2. The van der Waals surface area contributed by atoms with Crippen molar-refractivity contribution < 1.29 is 9.53 Å². The molecule has 0 fully saturated rings. The van der Waals surface area contributed by atoms with Crippen LogP contribution in [0.15, 0.2) is 0 Å². The molecular weight excluding hydrogens is 248 g/mol. The Morgan fingerprint density at radius 2 is 1.50 bits per heavy atom. The number of rotatable bonds is 12. The summed E-state index contributed by atoms with van der Waals surface area (Å²) in [7, 11) is 0. The summed E-state index contributed by atoms with van der Waals surface area (Å²) in [4.78, 5) is 11.4. The molecule has 0 bridgehead atoms. The van der Waals surface area contributed by atoms with Crippen LogP contribution in [0.25, 0.3) is 0 Å². The van der Waals surface area contributed by atoms with Gasteiger partial charge in [-0.2, -0.15) is 0 Å². The van der Waals surface area contributed by atoms with Gasteiger partial charge in [0.15, 0.2) is 5.56 Å². The lowest BCUT2D eigenvalue weighted by Crippen LogP contribution is -2.12. The fraction of sp³-hybridized carbons (Fsp3) is 0.933. The van der Waals surface area contributed by atoms with Crippen molar-refractivity contribution in [1.29, 1.82) is 0 Å². The van der Waals surface area contributed by atoms with Crippen LogP contribution in [0.4, 0.5) is 0 Å². The Kier molecular flexibility index (Phi) is 13.0. The number of carbonyl (C=O) groups is 1. The molecule has 0 aliphatic heterocycles. The Morgan fingerprint density at radius 1 is 0.944 bits per heavy atom. The lowest BCUT2D eigenvalue weighted by atomic mass is 10.1. The van der Waals surface area contributed by atoms with Crippen molar-refractivity contribution in [3.05, 3.63) is 0 Å². The minimum absolute atomic E-state index is 0.139. The quantitative estimate of drug-likeness (QED) is 0.270. The van der Waals surface area contributed by atoms with Crippen LogP contribution < -0.4 is 0 Å². The summed E-state index contributed by atoms with van der Waals surface area (Å²) in [5, 5.41) is 0. The average molecular weight is 277 g/mol. The zero-order valence-electron chi connectivity index (χ0n) is 12.0. The predicted molar refractivity (Wildman–Crippen MR) is 77.9 cm³/mol. The molecule has 0 aliphatic rings. The Hall–Kier alpha value is -0.240. The molecule has 18 heavy (non-hydrogen) atoms. The second-order valence-corrected chi connectivity index (χ2v) is 5.40. The number of carbonyl (C=O) groups excluding carboxylic acids is 1. The first-order chi connectivity index (χ1) is 8.70. The van der Waals surface area contributed by atoms with Crippen molar-refractivity contribution in [2.45, 2.75) is 90.0 Å². The minimum atomic E-state index is -0.429. The molecule has 0 aromatic rings. The highest BCUT2D eigenvalue weighted by molar-refractivity contribution is 6.20. The topological polar surface area (TPSA) is 26.3 Å². The zero-order valence-corrected chi connectivity index (χ0v) is 12.8. The number of unbranched alkanes of at least 4 members (excludes halogenated alkanes) is 7. The van der Waals surface area contributed by atoms with E-state index in [2.05, 4.69) is 13.8 Å². The van der Waals surface area contributed by atoms with Crippen molar-refractivity contribution in [2.24, 2.45) is 0 Å². The highest BCUT2D eigenvalue weighted by Gasteiger charge is 2.10. The highest BCUT2D eigenvalue weighted by Crippen LogP contribution is 2.12. The normalized spacial score (nSPS) is 12.4. The summed E-state index contributed by atoms with van der Waals surface area (Å²) in [6, 6.07) is 0. The van der Waals surface area contributed by atoms with Crippen LogP contribution in [0.1, 0.15) is 84.5 Å². The van der Waals surface area contributed by atoms with Gasteiger partial charge in [0.1, 0.15) is 0 Å². The maximum atomic E-state index is 11.4. The first kappa shape index (κ1) is 17.8. The van der Waals surface area contributed by atoms with E-state index in [0.717, 1.165) is 32.1 Å². The number of ether oxygens (including phenoxy) is 1. The molecule has 1 atom stereocenters. The minimum Gasteiger partial charge on any atom is -0.446 e. The Bertz CT molecular complexity index is 195. The summed E-state index contributed by atoms with van der Waals surface area (Å²) in [6.45, 7) is 4.32. The van der Waals surface area contributed by atoms with Crippen molar-refractivity contribution in [3.8, 4) is 0 Å². The molecule has 0 spiro atoms. The summed E-state index contributed by atoms with van der Waals surface area (Å²) in [6.07, 6.45) is 11.9. The fourth-order valence-electron chi connectivity index (χ4n) is 1.85. The number of halogens is 1. The van der Waals surface area contributed by atoms with Crippen LogP contribution in [-0.4, -0.2) is 11.5 Å². The molecule has 1 unspecified atom stereocenters. The SMILES string of the molecule is CCCCCCCCCC(=O)OC(Cl)CCCC. The third-order valence-electron chi connectivity index (χ3n) is 3.03. The summed E-state index contributed by atoms with van der Waals surface area (Å²) in [5.74, 6) is -0.139. The molecule has 0 amide bonds. The van der Waals surface area contributed by atoms with Crippen molar-refractivity contribution in [3.63, 3.8) is 0 Å². The molecule has 0 saturated heterocycles. The maximum absolute atomic E-state index is 11.4. The first-order valence-electron chi connectivity index (χ1n) is 7.54. The van der Waals surface area contributed by atoms with Gasteiger partial charge in [-0.15, -0.1) is 0 Å². The van der Waals surface area contributed by atoms with E-state index < -0.39 is 5.56 Å². The van der Waals surface area contributed by atoms with Gasteiger partial charge in [0, 0.05) is 6.42 Å². The second kappa shape index (κ2) is 13.2. The second-order valence-electron chi connectivity index (χ2n) is 4.91. The lowest BCUT2D eigenvalue weighted by molar-refractivity contribution is -0.145. The van der Waals surface area contributed by atoms with Crippen molar-refractivity contribution in [2.75, 3.05) is 0 Å². The standard InChI is InChI=1S/C15H29ClO2/c1-3-5-7-8-9-10-11-13-15(17)18-14(16)12-6-4-2/h14H,3-13H2,1-2H3. The molecule has 3 heteroatoms. The van der Waals surface area contributed by atoms with E-state index in [4.69, 9.17) is 16.3 Å². The molecule has 0 rings (SSSR count). The van der Waals surface area contributed by atoms with Crippen LogP contribution in [-0.2, 0) is 9.53 Å². The molecule has 0 aliphatic carbocycles. The van der Waals surface area contributed by atoms with Crippen LogP contribution in [0.5, 0.6) is 0 Å².